The summed E-state index contributed by atoms with van der Waals surface area (Å²) in [5, 5.41) is 21.9. The number of nitrogens with one attached hydrogen (secondary N) is 1. The fraction of sp³-hybridized carbons (Fsp3) is 0.462. The predicted octanol–water partition coefficient (Wildman–Crippen LogP) is 2.66. The van der Waals surface area contributed by atoms with Crippen molar-refractivity contribution in [3.63, 3.8) is 0 Å². The Balaban J connectivity index is 2.83. The summed E-state index contributed by atoms with van der Waals surface area (Å²) in [5.41, 5.74) is -0.408. The van der Waals surface area contributed by atoms with Crippen LogP contribution in [0.15, 0.2) is 18.2 Å². The maximum absolute atomic E-state index is 13.3. The molecule has 0 atom stereocenters. The van der Waals surface area contributed by atoms with E-state index in [9.17, 15) is 9.50 Å². The second-order valence-electron chi connectivity index (χ2n) is 4.06. The molecule has 0 fully saturated rings. The van der Waals surface area contributed by atoms with Crippen LogP contribution in [0.2, 0.25) is 0 Å². The van der Waals surface area contributed by atoms with Gasteiger partial charge in [-0.05, 0) is 25.0 Å². The summed E-state index contributed by atoms with van der Waals surface area (Å²) in [4.78, 5) is 0. The van der Waals surface area contributed by atoms with Crippen molar-refractivity contribution in [1.82, 2.24) is 0 Å². The van der Waals surface area contributed by atoms with E-state index in [2.05, 4.69) is 5.32 Å². The molecule has 0 aliphatic rings. The summed E-state index contributed by atoms with van der Waals surface area (Å²) in [6.45, 7) is 4.09. The molecule has 1 rings (SSSR count). The predicted molar refractivity (Wildman–Crippen MR) is 65.1 cm³/mol. The highest BCUT2D eigenvalue weighted by molar-refractivity contribution is 5.58. The van der Waals surface area contributed by atoms with Gasteiger partial charge < -0.3 is 10.4 Å². The normalized spacial score (nSPS) is 11.0. The van der Waals surface area contributed by atoms with Crippen LogP contribution in [-0.4, -0.2) is 17.3 Å². The van der Waals surface area contributed by atoms with Crippen molar-refractivity contribution in [3.05, 3.63) is 29.6 Å². The molecule has 17 heavy (non-hydrogen) atoms. The van der Waals surface area contributed by atoms with E-state index < -0.39 is 11.4 Å². The zero-order chi connectivity index (χ0) is 12.9. The average molecular weight is 236 g/mol. The number of rotatable bonds is 5. The summed E-state index contributed by atoms with van der Waals surface area (Å²) >= 11 is 0. The highest BCUT2D eigenvalue weighted by atomic mass is 19.1. The fourth-order valence-electron chi connectivity index (χ4n) is 1.54. The van der Waals surface area contributed by atoms with Crippen molar-refractivity contribution in [3.8, 4) is 6.07 Å². The molecule has 0 aliphatic carbocycles. The minimum absolute atomic E-state index is 0.0120. The molecule has 0 saturated heterocycles. The van der Waals surface area contributed by atoms with Crippen LogP contribution in [0, 0.1) is 17.1 Å². The van der Waals surface area contributed by atoms with Crippen LogP contribution in [0.1, 0.15) is 32.3 Å². The molecule has 0 heterocycles. The average Bonchev–Trinajstić information content (AvgIpc) is 2.36. The van der Waals surface area contributed by atoms with E-state index in [-0.39, 0.29) is 5.56 Å². The number of aliphatic hydroxyl groups is 1. The van der Waals surface area contributed by atoms with E-state index >= 15 is 0 Å². The molecule has 4 heteroatoms. The highest BCUT2D eigenvalue weighted by Crippen LogP contribution is 2.20. The molecule has 0 unspecified atom stereocenters. The van der Waals surface area contributed by atoms with Crippen LogP contribution < -0.4 is 5.32 Å². The Morgan fingerprint density at radius 2 is 2.06 bits per heavy atom. The molecule has 0 aromatic heterocycles. The van der Waals surface area contributed by atoms with Gasteiger partial charge in [0.2, 0.25) is 0 Å². The Morgan fingerprint density at radius 3 is 2.59 bits per heavy atom. The Morgan fingerprint density at radius 1 is 1.41 bits per heavy atom. The third-order valence-electron chi connectivity index (χ3n) is 3.05. The standard InChI is InChI=1S/C13H17FN2O/c1-3-13(17,4-2)9-16-12-7-5-6-11(14)10(12)8-15/h5-7,16-17H,3-4,9H2,1-2H3. The van der Waals surface area contributed by atoms with Gasteiger partial charge in [-0.2, -0.15) is 5.26 Å². The van der Waals surface area contributed by atoms with Gasteiger partial charge in [-0.15, -0.1) is 0 Å². The Labute approximate surface area is 101 Å². The molecule has 1 aromatic rings. The van der Waals surface area contributed by atoms with E-state index in [1.807, 2.05) is 19.9 Å². The summed E-state index contributed by atoms with van der Waals surface area (Å²) < 4.78 is 13.3. The Bertz CT molecular complexity index is 422. The summed E-state index contributed by atoms with van der Waals surface area (Å²) in [7, 11) is 0. The maximum Gasteiger partial charge on any atom is 0.143 e. The first-order chi connectivity index (χ1) is 8.06. The van der Waals surface area contributed by atoms with Crippen LogP contribution in [0.4, 0.5) is 10.1 Å². The first kappa shape index (κ1) is 13.5. The number of nitrogens with zero attached hydrogens (tertiary/aromatic N) is 1. The van der Waals surface area contributed by atoms with Gasteiger partial charge in [0.15, 0.2) is 0 Å². The van der Waals surface area contributed by atoms with Crippen LogP contribution >= 0.6 is 0 Å². The van der Waals surface area contributed by atoms with Gasteiger partial charge in [-0.3, -0.25) is 0 Å². The molecular weight excluding hydrogens is 219 g/mol. The molecule has 0 spiro atoms. The van der Waals surface area contributed by atoms with Gasteiger partial charge >= 0.3 is 0 Å². The molecule has 0 bridgehead atoms. The number of benzene rings is 1. The second-order valence-corrected chi connectivity index (χ2v) is 4.06. The van der Waals surface area contributed by atoms with Gasteiger partial charge in [-0.1, -0.05) is 19.9 Å². The van der Waals surface area contributed by atoms with Crippen LogP contribution in [0.3, 0.4) is 0 Å². The van der Waals surface area contributed by atoms with Gasteiger partial charge in [0, 0.05) is 6.54 Å². The van der Waals surface area contributed by atoms with Crippen LogP contribution in [0.5, 0.6) is 0 Å². The molecular formula is C13H17FN2O. The van der Waals surface area contributed by atoms with Crippen molar-refractivity contribution < 1.29 is 9.50 Å². The van der Waals surface area contributed by atoms with Crippen molar-refractivity contribution >= 4 is 5.69 Å². The molecule has 92 valence electrons. The van der Waals surface area contributed by atoms with E-state index in [4.69, 9.17) is 5.26 Å². The van der Waals surface area contributed by atoms with Gasteiger partial charge in [-0.25, -0.2) is 4.39 Å². The zero-order valence-electron chi connectivity index (χ0n) is 10.1. The number of hydrogen-bond donors (Lipinski definition) is 2. The summed E-state index contributed by atoms with van der Waals surface area (Å²) in [6.07, 6.45) is 1.21. The number of halogens is 1. The second kappa shape index (κ2) is 5.65. The minimum atomic E-state index is -0.820. The number of hydrogen-bond acceptors (Lipinski definition) is 3. The minimum Gasteiger partial charge on any atom is -0.388 e. The fourth-order valence-corrected chi connectivity index (χ4v) is 1.54. The topological polar surface area (TPSA) is 56.0 Å². The smallest absolute Gasteiger partial charge is 0.143 e. The first-order valence-electron chi connectivity index (χ1n) is 5.71. The molecule has 0 aliphatic heterocycles. The monoisotopic (exact) mass is 236 g/mol. The van der Waals surface area contributed by atoms with Crippen molar-refractivity contribution in [1.29, 1.82) is 5.26 Å². The molecule has 1 aromatic carbocycles. The van der Waals surface area contributed by atoms with Crippen molar-refractivity contribution in [2.75, 3.05) is 11.9 Å². The Kier molecular flexibility index (Phi) is 4.47. The summed E-state index contributed by atoms with van der Waals surface area (Å²) in [5.74, 6) is -0.547. The maximum atomic E-state index is 13.3. The lowest BCUT2D eigenvalue weighted by Crippen LogP contribution is -2.35. The first-order valence-corrected chi connectivity index (χ1v) is 5.71. The van der Waals surface area contributed by atoms with Crippen molar-refractivity contribution in [2.45, 2.75) is 32.3 Å². The van der Waals surface area contributed by atoms with E-state index in [0.29, 0.717) is 25.1 Å². The quantitative estimate of drug-likeness (QED) is 0.826. The number of anilines is 1. The van der Waals surface area contributed by atoms with E-state index in [0.717, 1.165) is 0 Å². The van der Waals surface area contributed by atoms with Gasteiger partial charge in [0.25, 0.3) is 0 Å². The third kappa shape index (κ3) is 3.18. The summed E-state index contributed by atoms with van der Waals surface area (Å²) in [6, 6.07) is 6.23. The molecule has 0 saturated carbocycles. The van der Waals surface area contributed by atoms with Crippen LogP contribution in [0.25, 0.3) is 0 Å². The van der Waals surface area contributed by atoms with Gasteiger partial charge in [0.1, 0.15) is 17.4 Å². The lowest BCUT2D eigenvalue weighted by Gasteiger charge is -2.26. The van der Waals surface area contributed by atoms with Crippen LogP contribution in [-0.2, 0) is 0 Å². The molecule has 2 N–H and O–H groups in total. The lowest BCUT2D eigenvalue weighted by atomic mass is 9.97. The highest BCUT2D eigenvalue weighted by Gasteiger charge is 2.22. The van der Waals surface area contributed by atoms with Gasteiger partial charge in [0.05, 0.1) is 11.3 Å². The van der Waals surface area contributed by atoms with E-state index in [1.54, 1.807) is 6.07 Å². The molecule has 0 amide bonds. The number of nitriles is 1. The molecule has 0 radical (unpaired) electrons. The third-order valence-corrected chi connectivity index (χ3v) is 3.05. The van der Waals surface area contributed by atoms with Crippen molar-refractivity contribution in [2.24, 2.45) is 0 Å². The van der Waals surface area contributed by atoms with E-state index in [1.165, 1.54) is 12.1 Å². The zero-order valence-corrected chi connectivity index (χ0v) is 10.1. The Hall–Kier alpha value is -1.60. The molecule has 3 nitrogen and oxygen atoms in total. The SMILES string of the molecule is CCC(O)(CC)CNc1cccc(F)c1C#N. The lowest BCUT2D eigenvalue weighted by molar-refractivity contribution is 0.0457. The largest absolute Gasteiger partial charge is 0.388 e.